The quantitative estimate of drug-likeness (QED) is 0.512. The van der Waals surface area contributed by atoms with Gasteiger partial charge in [-0.1, -0.05) is 12.1 Å². The van der Waals surface area contributed by atoms with E-state index in [9.17, 15) is 9.59 Å². The minimum atomic E-state index is -0.530. The molecule has 7 nitrogen and oxygen atoms in total. The van der Waals surface area contributed by atoms with Gasteiger partial charge < -0.3 is 19.1 Å². The van der Waals surface area contributed by atoms with Crippen LogP contribution in [0, 0.1) is 17.3 Å². The van der Waals surface area contributed by atoms with Crippen LogP contribution in [0.25, 0.3) is 0 Å². The monoisotopic (exact) mass is 571 g/mol. The van der Waals surface area contributed by atoms with Gasteiger partial charge in [0.2, 0.25) is 11.8 Å². The Bertz CT molecular complexity index is 1330. The zero-order chi connectivity index (χ0) is 28.8. The van der Waals surface area contributed by atoms with E-state index in [1.54, 1.807) is 0 Å². The van der Waals surface area contributed by atoms with Gasteiger partial charge >= 0.3 is 7.12 Å². The summed E-state index contributed by atoms with van der Waals surface area (Å²) >= 11 is 0. The van der Waals surface area contributed by atoms with Gasteiger partial charge in [0.1, 0.15) is 0 Å². The Morgan fingerprint density at radius 1 is 0.881 bits per heavy atom. The summed E-state index contributed by atoms with van der Waals surface area (Å²) < 4.78 is 12.9. The van der Waals surface area contributed by atoms with Crippen molar-refractivity contribution in [1.29, 1.82) is 0 Å². The largest absolute Gasteiger partial charge is 0.494 e. The standard InChI is InChI=1S/C34H46BN3O4/c1-31(2)32(3,4)42-35(41-31)23-6-8-27-28(14-23)38(26-15-25(16-26)37-20-21-5-7-24(37)13-21)30(40)34(27)9-11-36(12-10-34)29(39)33-17-22(18-33)19-33/h6,8,14,21-22,24-26H,5,7,9-13,15-20H2,1-4H3/t21-,22?,24+,25?,26?,33?/m0/s1. The maximum Gasteiger partial charge on any atom is 0.494 e. The molecule has 1 spiro atoms. The number of hydrogen-bond acceptors (Lipinski definition) is 5. The first kappa shape index (κ1) is 26.5. The van der Waals surface area contributed by atoms with Gasteiger partial charge in [0, 0.05) is 43.4 Å². The van der Waals surface area contributed by atoms with Gasteiger partial charge in [-0.25, -0.2) is 0 Å². The van der Waals surface area contributed by atoms with Crippen LogP contribution < -0.4 is 10.4 Å². The number of fused-ring (bicyclic) bond motifs is 4. The van der Waals surface area contributed by atoms with Crippen LogP contribution in [0.2, 0.25) is 0 Å². The highest BCUT2D eigenvalue weighted by molar-refractivity contribution is 6.62. The molecule has 3 saturated heterocycles. The second-order valence-electron chi connectivity index (χ2n) is 16.5. The van der Waals surface area contributed by atoms with Crippen LogP contribution in [0.4, 0.5) is 5.69 Å². The van der Waals surface area contributed by atoms with Crippen molar-refractivity contribution in [1.82, 2.24) is 9.80 Å². The van der Waals surface area contributed by atoms with Gasteiger partial charge in [-0.3, -0.25) is 14.5 Å². The fraction of sp³-hybridized carbons (Fsp3) is 0.765. The highest BCUT2D eigenvalue weighted by atomic mass is 16.7. The van der Waals surface area contributed by atoms with Crippen molar-refractivity contribution in [2.45, 2.75) is 127 Å². The number of carbonyl (C=O) groups is 2. The summed E-state index contributed by atoms with van der Waals surface area (Å²) in [7, 11) is -0.449. The number of piperidine rings is 2. The summed E-state index contributed by atoms with van der Waals surface area (Å²) in [5.74, 6) is 2.32. The van der Waals surface area contributed by atoms with E-state index in [0.29, 0.717) is 25.0 Å². The van der Waals surface area contributed by atoms with E-state index < -0.39 is 23.7 Å². The van der Waals surface area contributed by atoms with Crippen molar-refractivity contribution >= 4 is 30.1 Å². The number of rotatable bonds is 4. The van der Waals surface area contributed by atoms with Gasteiger partial charge in [0.25, 0.3) is 0 Å². The van der Waals surface area contributed by atoms with Crippen molar-refractivity contribution in [3.05, 3.63) is 23.8 Å². The van der Waals surface area contributed by atoms with Gasteiger partial charge in [-0.05, 0) is 121 Å². The van der Waals surface area contributed by atoms with E-state index in [4.69, 9.17) is 9.31 Å². The van der Waals surface area contributed by atoms with E-state index >= 15 is 0 Å². The first-order valence-corrected chi connectivity index (χ1v) is 16.9. The van der Waals surface area contributed by atoms with Crippen molar-refractivity contribution < 1.29 is 18.9 Å². The minimum absolute atomic E-state index is 0.0491. The number of amides is 2. The fourth-order valence-electron chi connectivity index (χ4n) is 10.2. The van der Waals surface area contributed by atoms with Gasteiger partial charge in [0.15, 0.2) is 0 Å². The molecule has 4 bridgehead atoms. The van der Waals surface area contributed by atoms with Crippen LogP contribution in [0.1, 0.15) is 97.5 Å². The molecule has 1 aromatic carbocycles. The Kier molecular flexibility index (Phi) is 5.31. The molecule has 0 unspecified atom stereocenters. The van der Waals surface area contributed by atoms with Crippen molar-refractivity contribution in [3.63, 3.8) is 0 Å². The Labute approximate surface area is 250 Å². The molecule has 0 aromatic heterocycles. The summed E-state index contributed by atoms with van der Waals surface area (Å²) in [6.07, 6.45) is 11.0. The van der Waals surface area contributed by atoms with Crippen molar-refractivity contribution in [2.24, 2.45) is 17.3 Å². The lowest BCUT2D eigenvalue weighted by molar-refractivity contribution is -0.178. The maximum atomic E-state index is 14.7. The van der Waals surface area contributed by atoms with Gasteiger partial charge in [-0.2, -0.15) is 0 Å². The summed E-state index contributed by atoms with van der Waals surface area (Å²) in [6, 6.07) is 8.15. The number of hydrogen-bond donors (Lipinski definition) is 0. The zero-order valence-electron chi connectivity index (χ0n) is 25.9. The predicted octanol–water partition coefficient (Wildman–Crippen LogP) is 4.01. The second-order valence-corrected chi connectivity index (χ2v) is 16.5. The second kappa shape index (κ2) is 8.42. The molecule has 224 valence electrons. The molecule has 8 heteroatoms. The van der Waals surface area contributed by atoms with E-state index in [1.807, 2.05) is 0 Å². The summed E-state index contributed by atoms with van der Waals surface area (Å²) in [5.41, 5.74) is 1.81. The minimum Gasteiger partial charge on any atom is -0.399 e. The maximum absolute atomic E-state index is 14.7. The third kappa shape index (κ3) is 3.41. The lowest BCUT2D eigenvalue weighted by Gasteiger charge is -2.61. The average Bonchev–Trinajstić information content (AvgIpc) is 3.60. The predicted molar refractivity (Wildman–Crippen MR) is 162 cm³/mol. The molecule has 42 heavy (non-hydrogen) atoms. The molecule has 1 aromatic rings. The number of benzene rings is 1. The van der Waals surface area contributed by atoms with E-state index in [1.165, 1.54) is 25.8 Å². The molecule has 4 heterocycles. The lowest BCUT2D eigenvalue weighted by atomic mass is 9.44. The molecule has 2 atom stereocenters. The van der Waals surface area contributed by atoms with Gasteiger partial charge in [0.05, 0.1) is 22.0 Å². The molecule has 4 aliphatic heterocycles. The highest BCUT2D eigenvalue weighted by Gasteiger charge is 2.64. The zero-order valence-corrected chi connectivity index (χ0v) is 25.9. The molecule has 8 fully saturated rings. The fourth-order valence-corrected chi connectivity index (χ4v) is 10.2. The molecular formula is C34H46BN3O4. The topological polar surface area (TPSA) is 62.3 Å². The first-order chi connectivity index (χ1) is 20.0. The smallest absolute Gasteiger partial charge is 0.399 e. The van der Waals surface area contributed by atoms with Crippen LogP contribution in [-0.4, -0.2) is 77.7 Å². The molecular weight excluding hydrogens is 525 g/mol. The van der Waals surface area contributed by atoms with E-state index in [2.05, 4.69) is 60.6 Å². The summed E-state index contributed by atoms with van der Waals surface area (Å²) in [6.45, 7) is 11.0. The van der Waals surface area contributed by atoms with Crippen LogP contribution >= 0.6 is 0 Å². The van der Waals surface area contributed by atoms with Crippen LogP contribution in [0.3, 0.4) is 0 Å². The van der Waals surface area contributed by atoms with Crippen LogP contribution in [0.15, 0.2) is 18.2 Å². The number of likely N-dealkylation sites (tertiary alicyclic amines) is 2. The molecule has 2 amide bonds. The number of anilines is 1. The van der Waals surface area contributed by atoms with Crippen molar-refractivity contribution in [3.8, 4) is 0 Å². The van der Waals surface area contributed by atoms with E-state index in [-0.39, 0.29) is 17.4 Å². The molecule has 5 saturated carbocycles. The molecule has 5 aliphatic carbocycles. The average molecular weight is 572 g/mol. The molecule has 10 rings (SSSR count). The Morgan fingerprint density at radius 3 is 2.14 bits per heavy atom. The first-order valence-electron chi connectivity index (χ1n) is 16.9. The SMILES string of the molecule is CC1(C)OB(c2ccc3c(c2)N(C2CC(N4C[C@H]5CC[C@@H]4C5)C2)C(=O)C32CCN(C(=O)C34CC(C3)C4)CC2)OC1(C)C. The third-order valence-electron chi connectivity index (χ3n) is 13.7. The van der Waals surface area contributed by atoms with Crippen LogP contribution in [-0.2, 0) is 24.3 Å². The summed E-state index contributed by atoms with van der Waals surface area (Å²) in [5, 5.41) is 0. The van der Waals surface area contributed by atoms with Crippen molar-refractivity contribution in [2.75, 3.05) is 24.5 Å². The lowest BCUT2D eigenvalue weighted by Crippen LogP contribution is -2.63. The molecule has 0 radical (unpaired) electrons. The third-order valence-corrected chi connectivity index (χ3v) is 13.7. The number of nitrogens with zero attached hydrogens (tertiary/aromatic N) is 3. The Morgan fingerprint density at radius 2 is 1.57 bits per heavy atom. The molecule has 0 N–H and O–H groups in total. The van der Waals surface area contributed by atoms with E-state index in [0.717, 1.165) is 79.5 Å². The van der Waals surface area contributed by atoms with Gasteiger partial charge in [-0.15, -0.1) is 0 Å². The normalized spacial score (nSPS) is 40.2. The van der Waals surface area contributed by atoms with Crippen LogP contribution in [0.5, 0.6) is 0 Å². The number of carbonyl (C=O) groups excluding carboxylic acids is 2. The molecule has 9 aliphatic rings. The Balaban J connectivity index is 1.00. The summed E-state index contributed by atoms with van der Waals surface area (Å²) in [4.78, 5) is 35.1. The Hall–Kier alpha value is -1.90. The highest BCUT2D eigenvalue weighted by Crippen LogP contribution is 2.65.